The van der Waals surface area contributed by atoms with E-state index in [1.54, 1.807) is 36.4 Å². The van der Waals surface area contributed by atoms with Crippen LogP contribution in [-0.2, 0) is 0 Å². The van der Waals surface area contributed by atoms with Gasteiger partial charge in [0.05, 0.1) is 5.56 Å². The molecule has 0 saturated heterocycles. The van der Waals surface area contributed by atoms with Gasteiger partial charge in [0.2, 0.25) is 0 Å². The first-order valence-electron chi connectivity index (χ1n) is 5.97. The predicted octanol–water partition coefficient (Wildman–Crippen LogP) is 3.00. The standard InChI is InChI=1S/C16H8O3/c17-15-10-6-2-1-5-9(10)14-13(15)11-7-3-4-8-12(11)19-16(14)18/h1-8H. The smallest absolute Gasteiger partial charge is 0.344 e. The van der Waals surface area contributed by atoms with E-state index in [0.717, 1.165) is 0 Å². The molecule has 0 bridgehead atoms. The maximum absolute atomic E-state index is 12.5. The second-order valence-electron chi connectivity index (χ2n) is 4.51. The third-order valence-electron chi connectivity index (χ3n) is 3.48. The Bertz CT molecular complexity index is 903. The van der Waals surface area contributed by atoms with Crippen molar-refractivity contribution in [1.29, 1.82) is 0 Å². The van der Waals surface area contributed by atoms with Crippen LogP contribution in [0.1, 0.15) is 15.9 Å². The van der Waals surface area contributed by atoms with E-state index in [1.165, 1.54) is 0 Å². The average molecular weight is 248 g/mol. The van der Waals surface area contributed by atoms with Crippen molar-refractivity contribution in [3.05, 3.63) is 70.1 Å². The Morgan fingerprint density at radius 2 is 1.42 bits per heavy atom. The van der Waals surface area contributed by atoms with Crippen molar-refractivity contribution in [3.8, 4) is 11.1 Å². The lowest BCUT2D eigenvalue weighted by molar-refractivity contribution is 0.104. The molecule has 1 heterocycles. The van der Waals surface area contributed by atoms with Crippen molar-refractivity contribution >= 4 is 16.8 Å². The molecule has 0 N–H and O–H groups in total. The minimum atomic E-state index is -0.452. The second kappa shape index (κ2) is 3.42. The van der Waals surface area contributed by atoms with Gasteiger partial charge in [0.15, 0.2) is 5.78 Å². The maximum atomic E-state index is 12.5. The molecule has 0 spiro atoms. The molecular formula is C16H8O3. The van der Waals surface area contributed by atoms with Crippen LogP contribution in [0.25, 0.3) is 22.1 Å². The Morgan fingerprint density at radius 3 is 2.26 bits per heavy atom. The third-order valence-corrected chi connectivity index (χ3v) is 3.48. The van der Waals surface area contributed by atoms with Gasteiger partial charge in [-0.15, -0.1) is 0 Å². The van der Waals surface area contributed by atoms with Crippen molar-refractivity contribution in [1.82, 2.24) is 0 Å². The van der Waals surface area contributed by atoms with E-state index in [9.17, 15) is 9.59 Å². The summed E-state index contributed by atoms with van der Waals surface area (Å²) in [5.41, 5.74) is 2.09. The molecule has 1 aliphatic rings. The first-order valence-corrected chi connectivity index (χ1v) is 5.97. The molecule has 1 aliphatic carbocycles. The normalized spacial score (nSPS) is 12.5. The summed E-state index contributed by atoms with van der Waals surface area (Å²) in [6.07, 6.45) is 0. The molecule has 0 amide bonds. The molecule has 19 heavy (non-hydrogen) atoms. The quantitative estimate of drug-likeness (QED) is 0.449. The number of ketones is 1. The van der Waals surface area contributed by atoms with E-state index in [2.05, 4.69) is 0 Å². The fourth-order valence-corrected chi connectivity index (χ4v) is 2.66. The summed E-state index contributed by atoms with van der Waals surface area (Å²) in [7, 11) is 0. The Labute approximate surface area is 108 Å². The van der Waals surface area contributed by atoms with Crippen LogP contribution in [0.2, 0.25) is 0 Å². The molecule has 3 aromatic rings. The molecule has 0 saturated carbocycles. The minimum absolute atomic E-state index is 0.102. The van der Waals surface area contributed by atoms with Gasteiger partial charge in [-0.05, 0) is 6.07 Å². The monoisotopic (exact) mass is 248 g/mol. The lowest BCUT2D eigenvalue weighted by atomic mass is 10.0. The van der Waals surface area contributed by atoms with Crippen LogP contribution in [-0.4, -0.2) is 5.78 Å². The van der Waals surface area contributed by atoms with Gasteiger partial charge in [-0.25, -0.2) is 4.79 Å². The van der Waals surface area contributed by atoms with E-state index in [0.29, 0.717) is 33.2 Å². The van der Waals surface area contributed by atoms with Crippen LogP contribution in [0.3, 0.4) is 0 Å². The fraction of sp³-hybridized carbons (Fsp3) is 0. The van der Waals surface area contributed by atoms with Crippen LogP contribution in [0, 0.1) is 0 Å². The number of hydrogen-bond donors (Lipinski definition) is 0. The average Bonchev–Trinajstić information content (AvgIpc) is 2.74. The Kier molecular flexibility index (Phi) is 1.85. The van der Waals surface area contributed by atoms with Crippen LogP contribution in [0.4, 0.5) is 0 Å². The molecule has 1 aromatic heterocycles. The summed E-state index contributed by atoms with van der Waals surface area (Å²) in [6, 6.07) is 14.3. The highest BCUT2D eigenvalue weighted by molar-refractivity contribution is 6.26. The summed E-state index contributed by atoms with van der Waals surface area (Å²) in [5, 5.41) is 0.693. The summed E-state index contributed by atoms with van der Waals surface area (Å²) >= 11 is 0. The molecule has 2 aromatic carbocycles. The van der Waals surface area contributed by atoms with Crippen molar-refractivity contribution in [2.45, 2.75) is 0 Å². The van der Waals surface area contributed by atoms with Gasteiger partial charge >= 0.3 is 5.63 Å². The van der Waals surface area contributed by atoms with Crippen molar-refractivity contribution in [2.75, 3.05) is 0 Å². The minimum Gasteiger partial charge on any atom is -0.422 e. The first-order chi connectivity index (χ1) is 9.27. The number of carbonyl (C=O) groups excluding carboxylic acids is 1. The number of para-hydroxylation sites is 1. The molecule has 0 aliphatic heterocycles. The fourth-order valence-electron chi connectivity index (χ4n) is 2.66. The van der Waals surface area contributed by atoms with Crippen LogP contribution in [0.5, 0.6) is 0 Å². The van der Waals surface area contributed by atoms with Crippen molar-refractivity contribution in [3.63, 3.8) is 0 Å². The summed E-state index contributed by atoms with van der Waals surface area (Å²) in [5.74, 6) is -0.102. The summed E-state index contributed by atoms with van der Waals surface area (Å²) < 4.78 is 5.30. The molecule has 90 valence electrons. The highest BCUT2D eigenvalue weighted by Crippen LogP contribution is 2.37. The van der Waals surface area contributed by atoms with E-state index >= 15 is 0 Å². The zero-order chi connectivity index (χ0) is 13.0. The zero-order valence-corrected chi connectivity index (χ0v) is 9.84. The number of hydrogen-bond acceptors (Lipinski definition) is 3. The Morgan fingerprint density at radius 1 is 0.737 bits per heavy atom. The number of carbonyl (C=O) groups is 1. The largest absolute Gasteiger partial charge is 0.422 e. The first kappa shape index (κ1) is 10.3. The summed E-state index contributed by atoms with van der Waals surface area (Å²) in [6.45, 7) is 0. The molecular weight excluding hydrogens is 240 g/mol. The highest BCUT2D eigenvalue weighted by atomic mass is 16.4. The second-order valence-corrected chi connectivity index (χ2v) is 4.51. The van der Waals surface area contributed by atoms with Gasteiger partial charge in [-0.2, -0.15) is 0 Å². The molecule has 0 fully saturated rings. The third kappa shape index (κ3) is 1.21. The number of rotatable bonds is 0. The zero-order valence-electron chi connectivity index (χ0n) is 9.84. The highest BCUT2D eigenvalue weighted by Gasteiger charge is 2.31. The van der Waals surface area contributed by atoms with Gasteiger partial charge < -0.3 is 4.42 Å². The van der Waals surface area contributed by atoms with Gasteiger partial charge in [-0.3, -0.25) is 4.79 Å². The molecule has 3 heteroatoms. The molecule has 0 unspecified atom stereocenters. The van der Waals surface area contributed by atoms with Crippen molar-refractivity contribution < 1.29 is 9.21 Å². The Hall–Kier alpha value is -2.68. The van der Waals surface area contributed by atoms with E-state index < -0.39 is 5.63 Å². The van der Waals surface area contributed by atoms with E-state index in [-0.39, 0.29) is 5.78 Å². The van der Waals surface area contributed by atoms with Gasteiger partial charge in [0.25, 0.3) is 0 Å². The molecule has 0 atom stereocenters. The lowest BCUT2D eigenvalue weighted by Crippen LogP contribution is -2.05. The van der Waals surface area contributed by atoms with E-state index in [4.69, 9.17) is 4.42 Å². The predicted molar refractivity (Wildman–Crippen MR) is 71.4 cm³/mol. The van der Waals surface area contributed by atoms with Crippen LogP contribution in [0.15, 0.2) is 57.7 Å². The van der Waals surface area contributed by atoms with E-state index in [1.807, 2.05) is 12.1 Å². The molecule has 3 nitrogen and oxygen atoms in total. The SMILES string of the molecule is O=C1c2ccccc2-c2c1c1ccccc1oc2=O. The van der Waals surface area contributed by atoms with Crippen molar-refractivity contribution in [2.24, 2.45) is 0 Å². The molecule has 4 rings (SSSR count). The Balaban J connectivity index is 2.27. The maximum Gasteiger partial charge on any atom is 0.344 e. The van der Waals surface area contributed by atoms with Gasteiger partial charge in [0.1, 0.15) is 5.58 Å². The topological polar surface area (TPSA) is 47.3 Å². The number of fused-ring (bicyclic) bond motifs is 5. The lowest BCUT2D eigenvalue weighted by Gasteiger charge is -2.02. The molecule has 0 radical (unpaired) electrons. The van der Waals surface area contributed by atoms with Gasteiger partial charge in [-0.1, -0.05) is 42.5 Å². The summed E-state index contributed by atoms with van der Waals surface area (Å²) in [4.78, 5) is 24.6. The van der Waals surface area contributed by atoms with Gasteiger partial charge in [0, 0.05) is 22.1 Å². The van der Waals surface area contributed by atoms with Crippen LogP contribution < -0.4 is 5.63 Å². The number of benzene rings is 2. The van der Waals surface area contributed by atoms with Crippen LogP contribution >= 0.6 is 0 Å².